The normalized spacial score (nSPS) is 14.2. The van der Waals surface area contributed by atoms with E-state index in [2.05, 4.69) is 17.4 Å². The summed E-state index contributed by atoms with van der Waals surface area (Å²) < 4.78 is 0. The fourth-order valence-electron chi connectivity index (χ4n) is 3.66. The first-order valence-electron chi connectivity index (χ1n) is 9.36. The van der Waals surface area contributed by atoms with Crippen LogP contribution in [-0.2, 0) is 11.2 Å². The van der Waals surface area contributed by atoms with E-state index in [1.54, 1.807) is 6.07 Å². The lowest BCUT2D eigenvalue weighted by atomic mass is 10.1. The van der Waals surface area contributed by atoms with Gasteiger partial charge < -0.3 is 10.2 Å². The summed E-state index contributed by atoms with van der Waals surface area (Å²) >= 11 is 0. The van der Waals surface area contributed by atoms with Crippen LogP contribution in [0.15, 0.2) is 54.6 Å². The molecular formula is C22H26N2O2. The highest BCUT2D eigenvalue weighted by molar-refractivity contribution is 5.97. The molecule has 1 N–H and O–H groups in total. The minimum Gasteiger partial charge on any atom is -0.335 e. The summed E-state index contributed by atoms with van der Waals surface area (Å²) in [6.45, 7) is 2.19. The van der Waals surface area contributed by atoms with Crippen molar-refractivity contribution in [2.45, 2.75) is 45.1 Å². The lowest BCUT2D eigenvalue weighted by Gasteiger charge is -2.29. The maximum Gasteiger partial charge on any atom is 0.254 e. The first-order valence-corrected chi connectivity index (χ1v) is 9.36. The number of anilines is 1. The van der Waals surface area contributed by atoms with Gasteiger partial charge in [-0.1, -0.05) is 49.2 Å². The fraction of sp³-hybridized carbons (Fsp3) is 0.364. The van der Waals surface area contributed by atoms with E-state index < -0.39 is 0 Å². The molecule has 0 aromatic heterocycles. The van der Waals surface area contributed by atoms with Gasteiger partial charge in [-0.05, 0) is 43.0 Å². The van der Waals surface area contributed by atoms with Crippen molar-refractivity contribution in [3.05, 3.63) is 65.7 Å². The second kappa shape index (κ2) is 8.65. The average Bonchev–Trinajstić information content (AvgIpc) is 3.17. The lowest BCUT2D eigenvalue weighted by Crippen LogP contribution is -2.40. The van der Waals surface area contributed by atoms with Crippen molar-refractivity contribution in [2.24, 2.45) is 0 Å². The monoisotopic (exact) mass is 350 g/mol. The van der Waals surface area contributed by atoms with Crippen molar-refractivity contribution in [3.8, 4) is 0 Å². The number of amides is 2. The molecule has 2 amide bonds. The minimum atomic E-state index is -0.133. The number of hydrogen-bond donors (Lipinski definition) is 1. The Kier molecular flexibility index (Phi) is 6.05. The Morgan fingerprint density at radius 2 is 1.77 bits per heavy atom. The molecule has 1 fully saturated rings. The van der Waals surface area contributed by atoms with Gasteiger partial charge in [0.25, 0.3) is 5.91 Å². The number of nitrogens with one attached hydrogen (secondary N) is 1. The molecular weight excluding hydrogens is 324 g/mol. The first kappa shape index (κ1) is 18.2. The number of carbonyl (C=O) groups excluding carboxylic acids is 2. The number of hydrogen-bond acceptors (Lipinski definition) is 2. The van der Waals surface area contributed by atoms with Gasteiger partial charge in [-0.25, -0.2) is 0 Å². The van der Waals surface area contributed by atoms with Crippen LogP contribution in [0.25, 0.3) is 0 Å². The Morgan fingerprint density at radius 3 is 2.46 bits per heavy atom. The van der Waals surface area contributed by atoms with Gasteiger partial charge >= 0.3 is 0 Å². The third kappa shape index (κ3) is 4.72. The second-order valence-corrected chi connectivity index (χ2v) is 6.93. The lowest BCUT2D eigenvalue weighted by molar-refractivity contribution is -0.114. The van der Waals surface area contributed by atoms with Gasteiger partial charge in [0.1, 0.15) is 0 Å². The molecule has 4 nitrogen and oxygen atoms in total. The van der Waals surface area contributed by atoms with E-state index in [0.717, 1.165) is 25.8 Å². The quantitative estimate of drug-likeness (QED) is 0.846. The van der Waals surface area contributed by atoms with Crippen LogP contribution >= 0.6 is 0 Å². The molecule has 26 heavy (non-hydrogen) atoms. The van der Waals surface area contributed by atoms with Crippen molar-refractivity contribution < 1.29 is 9.59 Å². The standard InChI is InChI=1S/C22H26N2O2/c1-17(25)23-20-11-7-10-19(16-20)22(26)24(21-12-5-6-13-21)15-14-18-8-3-2-4-9-18/h2-4,7-11,16,21H,5-6,12-15H2,1H3,(H,23,25). The van der Waals surface area contributed by atoms with E-state index >= 15 is 0 Å². The molecule has 136 valence electrons. The molecule has 0 spiro atoms. The van der Waals surface area contributed by atoms with E-state index in [-0.39, 0.29) is 11.8 Å². The average molecular weight is 350 g/mol. The molecule has 3 rings (SSSR count). The largest absolute Gasteiger partial charge is 0.335 e. The fourth-order valence-corrected chi connectivity index (χ4v) is 3.66. The number of carbonyl (C=O) groups is 2. The molecule has 0 bridgehead atoms. The summed E-state index contributed by atoms with van der Waals surface area (Å²) in [6.07, 6.45) is 5.38. The van der Waals surface area contributed by atoms with Crippen LogP contribution in [0.5, 0.6) is 0 Å². The number of nitrogens with zero attached hydrogens (tertiary/aromatic N) is 1. The van der Waals surface area contributed by atoms with Gasteiger partial charge in [-0.15, -0.1) is 0 Å². The van der Waals surface area contributed by atoms with E-state index in [4.69, 9.17) is 0 Å². The molecule has 0 unspecified atom stereocenters. The van der Waals surface area contributed by atoms with Crippen molar-refractivity contribution >= 4 is 17.5 Å². The van der Waals surface area contributed by atoms with E-state index in [1.807, 2.05) is 41.3 Å². The van der Waals surface area contributed by atoms with Gasteiger partial charge in [-0.2, -0.15) is 0 Å². The number of benzene rings is 2. The zero-order valence-corrected chi connectivity index (χ0v) is 15.3. The molecule has 0 atom stereocenters. The maximum absolute atomic E-state index is 13.2. The third-order valence-electron chi connectivity index (χ3n) is 4.94. The summed E-state index contributed by atoms with van der Waals surface area (Å²) in [6, 6.07) is 17.8. The SMILES string of the molecule is CC(=O)Nc1cccc(C(=O)N(CCc2ccccc2)C2CCCC2)c1. The highest BCUT2D eigenvalue weighted by Gasteiger charge is 2.27. The Balaban J connectivity index is 1.77. The van der Waals surface area contributed by atoms with Gasteiger partial charge in [0.05, 0.1) is 0 Å². The molecule has 0 heterocycles. The molecule has 2 aromatic rings. The summed E-state index contributed by atoms with van der Waals surface area (Å²) in [5.74, 6) is -0.0774. The first-order chi connectivity index (χ1) is 12.6. The third-order valence-corrected chi connectivity index (χ3v) is 4.94. The molecule has 0 aliphatic heterocycles. The van der Waals surface area contributed by atoms with Gasteiger partial charge in [0, 0.05) is 30.8 Å². The van der Waals surface area contributed by atoms with E-state index in [9.17, 15) is 9.59 Å². The van der Waals surface area contributed by atoms with Crippen LogP contribution in [0.3, 0.4) is 0 Å². The predicted molar refractivity (Wildman–Crippen MR) is 104 cm³/mol. The Morgan fingerprint density at radius 1 is 1.04 bits per heavy atom. The summed E-state index contributed by atoms with van der Waals surface area (Å²) in [4.78, 5) is 26.5. The van der Waals surface area contributed by atoms with Crippen molar-refractivity contribution in [3.63, 3.8) is 0 Å². The summed E-state index contributed by atoms with van der Waals surface area (Å²) in [5, 5.41) is 2.76. The molecule has 1 saturated carbocycles. The maximum atomic E-state index is 13.2. The van der Waals surface area contributed by atoms with Gasteiger partial charge in [0.15, 0.2) is 0 Å². The second-order valence-electron chi connectivity index (χ2n) is 6.93. The van der Waals surface area contributed by atoms with Gasteiger partial charge in [-0.3, -0.25) is 9.59 Å². The zero-order valence-electron chi connectivity index (χ0n) is 15.3. The van der Waals surface area contributed by atoms with E-state index in [0.29, 0.717) is 17.3 Å². The molecule has 1 aliphatic carbocycles. The van der Waals surface area contributed by atoms with Crippen molar-refractivity contribution in [1.29, 1.82) is 0 Å². The summed E-state index contributed by atoms with van der Waals surface area (Å²) in [7, 11) is 0. The molecule has 2 aromatic carbocycles. The highest BCUT2D eigenvalue weighted by Crippen LogP contribution is 2.26. The van der Waals surface area contributed by atoms with E-state index in [1.165, 1.54) is 25.3 Å². The van der Waals surface area contributed by atoms with Crippen LogP contribution in [0.4, 0.5) is 5.69 Å². The molecule has 1 aliphatic rings. The van der Waals surface area contributed by atoms with Gasteiger partial charge in [0.2, 0.25) is 5.91 Å². The predicted octanol–water partition coefficient (Wildman–Crippen LogP) is 4.27. The van der Waals surface area contributed by atoms with Crippen LogP contribution < -0.4 is 5.32 Å². The Bertz CT molecular complexity index is 752. The topological polar surface area (TPSA) is 49.4 Å². The van der Waals surface area contributed by atoms with Crippen LogP contribution in [-0.4, -0.2) is 29.3 Å². The smallest absolute Gasteiger partial charge is 0.254 e. The Hall–Kier alpha value is -2.62. The molecule has 0 saturated heterocycles. The highest BCUT2D eigenvalue weighted by atomic mass is 16.2. The van der Waals surface area contributed by atoms with Crippen LogP contribution in [0.1, 0.15) is 48.5 Å². The molecule has 4 heteroatoms. The van der Waals surface area contributed by atoms with Crippen molar-refractivity contribution in [1.82, 2.24) is 4.90 Å². The minimum absolute atomic E-state index is 0.0556. The van der Waals surface area contributed by atoms with Crippen molar-refractivity contribution in [2.75, 3.05) is 11.9 Å². The van der Waals surface area contributed by atoms with Crippen LogP contribution in [0.2, 0.25) is 0 Å². The van der Waals surface area contributed by atoms with Crippen LogP contribution in [0, 0.1) is 0 Å². The zero-order chi connectivity index (χ0) is 18.4. The number of rotatable bonds is 6. The molecule has 0 radical (unpaired) electrons. The Labute approximate surface area is 155 Å². The summed E-state index contributed by atoms with van der Waals surface area (Å²) in [5.41, 5.74) is 2.55.